The number of carbonyl (C=O) groups excluding carboxylic acids is 1. The second-order valence-corrected chi connectivity index (χ2v) is 5.20. The fraction of sp³-hybridized carbons (Fsp3) is 0.500. The normalized spacial score (nSPS) is 19.3. The molecule has 0 bridgehead atoms. The summed E-state index contributed by atoms with van der Waals surface area (Å²) in [6.07, 6.45) is 3.71. The van der Waals surface area contributed by atoms with Gasteiger partial charge in [-0.1, -0.05) is 0 Å². The molecule has 6 heteroatoms. The van der Waals surface area contributed by atoms with Gasteiger partial charge in [0, 0.05) is 42.8 Å². The van der Waals surface area contributed by atoms with E-state index < -0.39 is 0 Å². The van der Waals surface area contributed by atoms with E-state index in [1.807, 2.05) is 11.8 Å². The number of thioether (sulfide) groups is 1. The Morgan fingerprint density at radius 1 is 1.72 bits per heavy atom. The third-order valence-corrected chi connectivity index (χ3v) is 3.84. The van der Waals surface area contributed by atoms with Crippen LogP contribution in [0.15, 0.2) is 18.5 Å². The highest BCUT2D eigenvalue weighted by Crippen LogP contribution is 2.22. The van der Waals surface area contributed by atoms with Crippen LogP contribution >= 0.6 is 11.8 Å². The van der Waals surface area contributed by atoms with E-state index in [1.54, 1.807) is 25.6 Å². The first kappa shape index (κ1) is 13.2. The molecule has 0 radical (unpaired) electrons. The van der Waals surface area contributed by atoms with E-state index in [-0.39, 0.29) is 11.9 Å². The van der Waals surface area contributed by atoms with Crippen molar-refractivity contribution in [2.45, 2.75) is 12.5 Å². The SMILES string of the molecule is COc1ccncc1NC(=O)CC1CSCCN1. The molecule has 0 spiro atoms. The molecule has 1 aromatic heterocycles. The lowest BCUT2D eigenvalue weighted by molar-refractivity contribution is -0.116. The van der Waals surface area contributed by atoms with Gasteiger partial charge in [-0.2, -0.15) is 11.8 Å². The van der Waals surface area contributed by atoms with Crippen LogP contribution in [-0.2, 0) is 4.79 Å². The van der Waals surface area contributed by atoms with Crippen LogP contribution in [0.25, 0.3) is 0 Å². The number of rotatable bonds is 4. The summed E-state index contributed by atoms with van der Waals surface area (Å²) in [7, 11) is 1.57. The second-order valence-electron chi connectivity index (χ2n) is 4.05. The summed E-state index contributed by atoms with van der Waals surface area (Å²) in [5.74, 6) is 2.72. The fourth-order valence-electron chi connectivity index (χ4n) is 1.83. The third kappa shape index (κ3) is 3.61. The van der Waals surface area contributed by atoms with Crippen molar-refractivity contribution in [3.63, 3.8) is 0 Å². The van der Waals surface area contributed by atoms with Gasteiger partial charge in [0.1, 0.15) is 11.4 Å². The zero-order chi connectivity index (χ0) is 12.8. The van der Waals surface area contributed by atoms with Gasteiger partial charge < -0.3 is 15.4 Å². The number of carbonyl (C=O) groups is 1. The first-order chi connectivity index (χ1) is 8.79. The summed E-state index contributed by atoms with van der Waals surface area (Å²) in [5.41, 5.74) is 0.619. The van der Waals surface area contributed by atoms with Crippen molar-refractivity contribution < 1.29 is 9.53 Å². The first-order valence-corrected chi connectivity index (χ1v) is 7.04. The highest BCUT2D eigenvalue weighted by molar-refractivity contribution is 7.99. The van der Waals surface area contributed by atoms with Crippen LogP contribution in [-0.4, -0.2) is 42.1 Å². The van der Waals surface area contributed by atoms with Crippen molar-refractivity contribution in [1.82, 2.24) is 10.3 Å². The highest BCUT2D eigenvalue weighted by Gasteiger charge is 2.17. The van der Waals surface area contributed by atoms with E-state index in [2.05, 4.69) is 15.6 Å². The number of amides is 1. The number of anilines is 1. The Kier molecular flexibility index (Phi) is 4.83. The summed E-state index contributed by atoms with van der Waals surface area (Å²) >= 11 is 1.88. The zero-order valence-corrected chi connectivity index (χ0v) is 11.1. The molecular formula is C12H17N3O2S. The molecule has 1 atom stereocenters. The number of hydrogen-bond donors (Lipinski definition) is 2. The van der Waals surface area contributed by atoms with Crippen LogP contribution in [0.3, 0.4) is 0 Å². The molecule has 1 fully saturated rings. The second kappa shape index (κ2) is 6.61. The third-order valence-electron chi connectivity index (χ3n) is 2.71. The lowest BCUT2D eigenvalue weighted by Gasteiger charge is -2.22. The predicted molar refractivity (Wildman–Crippen MR) is 73.2 cm³/mol. The fourth-order valence-corrected chi connectivity index (χ4v) is 2.78. The summed E-state index contributed by atoms with van der Waals surface area (Å²) in [4.78, 5) is 15.9. The van der Waals surface area contributed by atoms with Crippen LogP contribution in [0.4, 0.5) is 5.69 Å². The maximum Gasteiger partial charge on any atom is 0.226 e. The van der Waals surface area contributed by atoms with E-state index in [4.69, 9.17) is 4.74 Å². The zero-order valence-electron chi connectivity index (χ0n) is 10.3. The number of ether oxygens (including phenoxy) is 1. The molecule has 1 unspecified atom stereocenters. The van der Waals surface area contributed by atoms with Crippen molar-refractivity contribution in [2.75, 3.05) is 30.5 Å². The van der Waals surface area contributed by atoms with Gasteiger partial charge in [-0.3, -0.25) is 9.78 Å². The van der Waals surface area contributed by atoms with E-state index in [0.29, 0.717) is 17.9 Å². The molecule has 1 amide bonds. The van der Waals surface area contributed by atoms with Crippen molar-refractivity contribution in [1.29, 1.82) is 0 Å². The average molecular weight is 267 g/mol. The Bertz CT molecular complexity index is 408. The smallest absolute Gasteiger partial charge is 0.226 e. The van der Waals surface area contributed by atoms with Crippen molar-refractivity contribution in [3.05, 3.63) is 18.5 Å². The number of pyridine rings is 1. The van der Waals surface area contributed by atoms with E-state index in [1.165, 1.54) is 0 Å². The Balaban J connectivity index is 1.90. The minimum absolute atomic E-state index is 0.0127. The van der Waals surface area contributed by atoms with Crippen LogP contribution in [0, 0.1) is 0 Å². The van der Waals surface area contributed by atoms with Crippen LogP contribution < -0.4 is 15.4 Å². The van der Waals surface area contributed by atoms with E-state index in [0.717, 1.165) is 18.1 Å². The number of hydrogen-bond acceptors (Lipinski definition) is 5. The summed E-state index contributed by atoms with van der Waals surface area (Å²) in [6, 6.07) is 1.98. The van der Waals surface area contributed by atoms with Crippen molar-refractivity contribution in [2.24, 2.45) is 0 Å². The molecule has 2 heterocycles. The van der Waals surface area contributed by atoms with Gasteiger partial charge in [0.2, 0.25) is 5.91 Å². The maximum absolute atomic E-state index is 11.9. The van der Waals surface area contributed by atoms with Gasteiger partial charge in [-0.15, -0.1) is 0 Å². The molecule has 1 aromatic rings. The number of aromatic nitrogens is 1. The monoisotopic (exact) mass is 267 g/mol. The summed E-state index contributed by atoms with van der Waals surface area (Å²) in [6.45, 7) is 0.971. The molecule has 1 aliphatic heterocycles. The predicted octanol–water partition coefficient (Wildman–Crippen LogP) is 1.12. The maximum atomic E-state index is 11.9. The standard InChI is InChI=1S/C12H17N3O2S/c1-17-11-2-3-13-7-10(11)15-12(16)6-9-8-18-5-4-14-9/h2-3,7,9,14H,4-6,8H2,1H3,(H,15,16). The van der Waals surface area contributed by atoms with E-state index in [9.17, 15) is 4.79 Å². The molecule has 0 saturated carbocycles. The number of nitrogens with zero attached hydrogens (tertiary/aromatic N) is 1. The Hall–Kier alpha value is -1.27. The van der Waals surface area contributed by atoms with Crippen LogP contribution in [0.5, 0.6) is 5.75 Å². The van der Waals surface area contributed by atoms with Gasteiger partial charge in [0.15, 0.2) is 0 Å². The van der Waals surface area contributed by atoms with E-state index >= 15 is 0 Å². The van der Waals surface area contributed by atoms with Crippen LogP contribution in [0.1, 0.15) is 6.42 Å². The highest BCUT2D eigenvalue weighted by atomic mass is 32.2. The minimum Gasteiger partial charge on any atom is -0.494 e. The lowest BCUT2D eigenvalue weighted by atomic mass is 10.2. The molecule has 1 saturated heterocycles. The average Bonchev–Trinajstić information content (AvgIpc) is 2.40. The molecule has 2 N–H and O–H groups in total. The molecule has 2 rings (SSSR count). The number of nitrogens with one attached hydrogen (secondary N) is 2. The largest absolute Gasteiger partial charge is 0.494 e. The van der Waals surface area contributed by atoms with Gasteiger partial charge in [0.25, 0.3) is 0 Å². The molecule has 98 valence electrons. The Morgan fingerprint density at radius 3 is 3.33 bits per heavy atom. The molecule has 18 heavy (non-hydrogen) atoms. The Labute approximate surface area is 111 Å². The molecule has 0 aromatic carbocycles. The first-order valence-electron chi connectivity index (χ1n) is 5.88. The minimum atomic E-state index is -0.0127. The van der Waals surface area contributed by atoms with Crippen molar-refractivity contribution in [3.8, 4) is 5.75 Å². The molecule has 5 nitrogen and oxygen atoms in total. The summed E-state index contributed by atoms with van der Waals surface area (Å²) < 4.78 is 5.16. The van der Waals surface area contributed by atoms with Gasteiger partial charge in [0.05, 0.1) is 13.3 Å². The van der Waals surface area contributed by atoms with Gasteiger partial charge in [-0.05, 0) is 0 Å². The quantitative estimate of drug-likeness (QED) is 0.856. The van der Waals surface area contributed by atoms with Crippen molar-refractivity contribution >= 4 is 23.4 Å². The molecule has 1 aliphatic rings. The van der Waals surface area contributed by atoms with Gasteiger partial charge >= 0.3 is 0 Å². The lowest BCUT2D eigenvalue weighted by Crippen LogP contribution is -2.39. The number of methoxy groups -OCH3 is 1. The Morgan fingerprint density at radius 2 is 2.61 bits per heavy atom. The molecular weight excluding hydrogens is 250 g/mol. The summed E-state index contributed by atoms with van der Waals surface area (Å²) in [5, 5.41) is 6.17. The van der Waals surface area contributed by atoms with Gasteiger partial charge in [-0.25, -0.2) is 0 Å². The topological polar surface area (TPSA) is 63.2 Å². The molecule has 0 aliphatic carbocycles. The van der Waals surface area contributed by atoms with Crippen LogP contribution in [0.2, 0.25) is 0 Å².